The molecule has 2 heterocycles. The Kier molecular flexibility index (Phi) is 5.78. The summed E-state index contributed by atoms with van der Waals surface area (Å²) >= 11 is 0. The van der Waals surface area contributed by atoms with Crippen molar-refractivity contribution in [2.45, 2.75) is 0 Å². The lowest BCUT2D eigenvalue weighted by molar-refractivity contribution is 0.669. The Balaban J connectivity index is 1.24. The molecule has 7 aromatic carbocycles. The van der Waals surface area contributed by atoms with Crippen LogP contribution in [0.4, 0.5) is 0 Å². The second-order valence-electron chi connectivity index (χ2n) is 11.3. The van der Waals surface area contributed by atoms with Gasteiger partial charge in [-0.1, -0.05) is 109 Å². The molecule has 0 bridgehead atoms. The van der Waals surface area contributed by atoms with Crippen LogP contribution >= 0.6 is 0 Å². The van der Waals surface area contributed by atoms with Crippen LogP contribution in [-0.4, -0.2) is 15.0 Å². The van der Waals surface area contributed by atoms with Gasteiger partial charge in [0.15, 0.2) is 17.5 Å². The fourth-order valence-corrected chi connectivity index (χ4v) is 6.15. The minimum absolute atomic E-state index is 0.617. The van der Waals surface area contributed by atoms with Gasteiger partial charge in [-0.25, -0.2) is 15.0 Å². The molecule has 0 saturated carbocycles. The lowest BCUT2D eigenvalue weighted by Gasteiger charge is -2.10. The van der Waals surface area contributed by atoms with E-state index >= 15 is 0 Å². The molecule has 9 rings (SSSR count). The zero-order valence-electron chi connectivity index (χ0n) is 24.2. The van der Waals surface area contributed by atoms with Gasteiger partial charge in [-0.3, -0.25) is 0 Å². The first-order valence-corrected chi connectivity index (χ1v) is 15.0. The second-order valence-corrected chi connectivity index (χ2v) is 11.3. The third kappa shape index (κ3) is 4.52. The summed E-state index contributed by atoms with van der Waals surface area (Å²) in [6, 6.07) is 52.4. The molecule has 0 radical (unpaired) electrons. The van der Waals surface area contributed by atoms with E-state index < -0.39 is 0 Å². The highest BCUT2D eigenvalue weighted by Gasteiger charge is 2.16. The van der Waals surface area contributed by atoms with Gasteiger partial charge in [0.2, 0.25) is 0 Å². The Labute approximate surface area is 259 Å². The fraction of sp³-hybridized carbons (Fsp3) is 0. The maximum absolute atomic E-state index is 6.25. The lowest BCUT2D eigenvalue weighted by atomic mass is 10.0. The standard InChI is InChI=1S/C41H25N3O/c1-2-8-26(9-3-1)31-18-20-37-35(24-31)36-25-34(19-21-38(36)45-37)41-43-39(32-16-14-27-10-4-6-12-29(27)22-32)42-40(44-41)33-17-15-28-11-5-7-13-30(28)23-33/h1-25H. The first kappa shape index (κ1) is 25.4. The van der Waals surface area contributed by atoms with Gasteiger partial charge >= 0.3 is 0 Å². The van der Waals surface area contributed by atoms with E-state index in [1.54, 1.807) is 0 Å². The van der Waals surface area contributed by atoms with Crippen molar-refractivity contribution in [1.29, 1.82) is 0 Å². The Hall–Kier alpha value is -6.13. The normalized spacial score (nSPS) is 11.6. The third-order valence-electron chi connectivity index (χ3n) is 8.49. The molecule has 4 nitrogen and oxygen atoms in total. The quantitative estimate of drug-likeness (QED) is 0.209. The van der Waals surface area contributed by atoms with E-state index in [0.29, 0.717) is 17.5 Å². The predicted octanol–water partition coefficient (Wildman–Crippen LogP) is 10.7. The summed E-state index contributed by atoms with van der Waals surface area (Å²) in [5.41, 5.74) is 6.80. The SMILES string of the molecule is c1ccc(-c2ccc3oc4ccc(-c5nc(-c6ccc7ccccc7c6)nc(-c6ccc7ccccc7c6)n5)cc4c3c2)cc1. The maximum Gasteiger partial charge on any atom is 0.164 e. The Morgan fingerprint density at radius 2 is 0.733 bits per heavy atom. The molecule has 0 amide bonds. The van der Waals surface area contributed by atoms with Gasteiger partial charge in [-0.05, 0) is 75.1 Å². The Bertz CT molecular complexity index is 2450. The maximum atomic E-state index is 6.25. The zero-order valence-corrected chi connectivity index (χ0v) is 24.2. The summed E-state index contributed by atoms with van der Waals surface area (Å²) in [4.78, 5) is 15.1. The smallest absolute Gasteiger partial charge is 0.164 e. The highest BCUT2D eigenvalue weighted by Crippen LogP contribution is 2.35. The van der Waals surface area contributed by atoms with Crippen molar-refractivity contribution in [2.75, 3.05) is 0 Å². The minimum Gasteiger partial charge on any atom is -0.456 e. The van der Waals surface area contributed by atoms with E-state index in [4.69, 9.17) is 19.4 Å². The van der Waals surface area contributed by atoms with Crippen molar-refractivity contribution in [3.05, 3.63) is 152 Å². The molecule has 4 heteroatoms. The van der Waals surface area contributed by atoms with Gasteiger partial charge in [-0.15, -0.1) is 0 Å². The van der Waals surface area contributed by atoms with Gasteiger partial charge in [0.25, 0.3) is 0 Å². The minimum atomic E-state index is 0.617. The number of fused-ring (bicyclic) bond motifs is 5. The number of hydrogen-bond acceptors (Lipinski definition) is 4. The molecule has 0 unspecified atom stereocenters. The molecule has 0 spiro atoms. The van der Waals surface area contributed by atoms with E-state index in [2.05, 4.69) is 133 Å². The fourth-order valence-electron chi connectivity index (χ4n) is 6.15. The Morgan fingerprint density at radius 1 is 0.311 bits per heavy atom. The highest BCUT2D eigenvalue weighted by atomic mass is 16.3. The van der Waals surface area contributed by atoms with Gasteiger partial charge < -0.3 is 4.42 Å². The number of furan rings is 1. The van der Waals surface area contributed by atoms with Crippen LogP contribution in [0.2, 0.25) is 0 Å². The third-order valence-corrected chi connectivity index (χ3v) is 8.49. The summed E-state index contributed by atoms with van der Waals surface area (Å²) < 4.78 is 6.25. The van der Waals surface area contributed by atoms with E-state index in [9.17, 15) is 0 Å². The molecular weight excluding hydrogens is 550 g/mol. The van der Waals surface area contributed by atoms with E-state index in [0.717, 1.165) is 55.0 Å². The molecule has 2 aromatic heterocycles. The molecule has 45 heavy (non-hydrogen) atoms. The summed E-state index contributed by atoms with van der Waals surface area (Å²) in [5.74, 6) is 1.89. The first-order chi connectivity index (χ1) is 22.2. The molecule has 0 atom stereocenters. The summed E-state index contributed by atoms with van der Waals surface area (Å²) in [6.07, 6.45) is 0. The topological polar surface area (TPSA) is 51.8 Å². The van der Waals surface area contributed by atoms with Crippen LogP contribution in [0.1, 0.15) is 0 Å². The second kappa shape index (κ2) is 10.2. The Morgan fingerprint density at radius 3 is 1.29 bits per heavy atom. The van der Waals surface area contributed by atoms with Gasteiger partial charge in [0, 0.05) is 27.5 Å². The number of rotatable bonds is 4. The molecule has 210 valence electrons. The van der Waals surface area contributed by atoms with Crippen molar-refractivity contribution in [3.63, 3.8) is 0 Å². The highest BCUT2D eigenvalue weighted by molar-refractivity contribution is 6.07. The molecule has 9 aromatic rings. The molecule has 0 aliphatic carbocycles. The average molecular weight is 576 g/mol. The average Bonchev–Trinajstić information content (AvgIpc) is 3.48. The molecule has 0 saturated heterocycles. The monoisotopic (exact) mass is 575 g/mol. The van der Waals surface area contributed by atoms with E-state index in [-0.39, 0.29) is 0 Å². The van der Waals surface area contributed by atoms with Crippen LogP contribution in [0.5, 0.6) is 0 Å². The van der Waals surface area contributed by atoms with Crippen molar-refractivity contribution < 1.29 is 4.42 Å². The van der Waals surface area contributed by atoms with Gasteiger partial charge in [0.1, 0.15) is 11.2 Å². The van der Waals surface area contributed by atoms with Crippen LogP contribution in [0.3, 0.4) is 0 Å². The van der Waals surface area contributed by atoms with Crippen LogP contribution in [0.25, 0.3) is 88.8 Å². The van der Waals surface area contributed by atoms with E-state index in [1.165, 1.54) is 16.3 Å². The summed E-state index contributed by atoms with van der Waals surface area (Å²) in [7, 11) is 0. The van der Waals surface area contributed by atoms with Gasteiger partial charge in [0.05, 0.1) is 0 Å². The van der Waals surface area contributed by atoms with Crippen molar-refractivity contribution in [1.82, 2.24) is 15.0 Å². The first-order valence-electron chi connectivity index (χ1n) is 15.0. The number of aromatic nitrogens is 3. The van der Waals surface area contributed by atoms with E-state index in [1.807, 2.05) is 18.2 Å². The van der Waals surface area contributed by atoms with Crippen LogP contribution < -0.4 is 0 Å². The van der Waals surface area contributed by atoms with Crippen molar-refractivity contribution >= 4 is 43.5 Å². The molecule has 0 N–H and O–H groups in total. The van der Waals surface area contributed by atoms with Crippen molar-refractivity contribution in [3.8, 4) is 45.3 Å². The van der Waals surface area contributed by atoms with Gasteiger partial charge in [-0.2, -0.15) is 0 Å². The van der Waals surface area contributed by atoms with Crippen molar-refractivity contribution in [2.24, 2.45) is 0 Å². The molecule has 0 aliphatic heterocycles. The van der Waals surface area contributed by atoms with Crippen LogP contribution in [0, 0.1) is 0 Å². The molecular formula is C41H25N3O. The lowest BCUT2D eigenvalue weighted by Crippen LogP contribution is -2.00. The van der Waals surface area contributed by atoms with Crippen LogP contribution in [0.15, 0.2) is 156 Å². The number of hydrogen-bond donors (Lipinski definition) is 0. The molecule has 0 aliphatic rings. The largest absolute Gasteiger partial charge is 0.456 e. The zero-order chi connectivity index (χ0) is 29.7. The van der Waals surface area contributed by atoms with Crippen LogP contribution in [-0.2, 0) is 0 Å². The number of nitrogens with zero attached hydrogens (tertiary/aromatic N) is 3. The summed E-state index contributed by atoms with van der Waals surface area (Å²) in [5, 5.41) is 6.73. The molecule has 0 fully saturated rings. The number of benzene rings is 7. The predicted molar refractivity (Wildman–Crippen MR) is 184 cm³/mol. The summed E-state index contributed by atoms with van der Waals surface area (Å²) in [6.45, 7) is 0.